The van der Waals surface area contributed by atoms with Gasteiger partial charge in [0, 0.05) is 32.0 Å². The smallest absolute Gasteiger partial charge is 0.306 e. The Morgan fingerprint density at radius 3 is 2.90 bits per heavy atom. The maximum Gasteiger partial charge on any atom is 0.306 e. The summed E-state index contributed by atoms with van der Waals surface area (Å²) in [5.74, 6) is -0.579. The fourth-order valence-electron chi connectivity index (χ4n) is 1.83. The highest BCUT2D eigenvalue weighted by Gasteiger charge is 2.17. The van der Waals surface area contributed by atoms with Crippen LogP contribution >= 0.6 is 0 Å². The van der Waals surface area contributed by atoms with E-state index < -0.39 is 12.1 Å². The summed E-state index contributed by atoms with van der Waals surface area (Å²) in [4.78, 5) is 22.4. The Kier molecular flexibility index (Phi) is 4.43. The van der Waals surface area contributed by atoms with Crippen molar-refractivity contribution in [1.29, 1.82) is 0 Å². The molecule has 0 amide bonds. The number of hydrogen-bond acceptors (Lipinski definition) is 6. The number of tetrazole rings is 1. The van der Waals surface area contributed by atoms with E-state index in [2.05, 4.69) is 15.5 Å². The fraction of sp³-hybridized carbons (Fsp3) is 0.417. The highest BCUT2D eigenvalue weighted by Crippen LogP contribution is 2.14. The molecule has 0 aliphatic rings. The van der Waals surface area contributed by atoms with Crippen molar-refractivity contribution in [1.82, 2.24) is 24.8 Å². The minimum absolute atomic E-state index is 0.160. The van der Waals surface area contributed by atoms with Crippen LogP contribution in [0.2, 0.25) is 0 Å². The lowest BCUT2D eigenvalue weighted by atomic mass is 10.2. The number of rotatable bonds is 6. The maximum absolute atomic E-state index is 11.7. The number of ether oxygens (including phenoxy) is 1. The molecule has 0 saturated carbocycles. The molecule has 1 unspecified atom stereocenters. The maximum atomic E-state index is 11.7. The van der Waals surface area contributed by atoms with Crippen molar-refractivity contribution >= 4 is 5.97 Å². The van der Waals surface area contributed by atoms with Gasteiger partial charge in [0.25, 0.3) is 5.56 Å². The lowest BCUT2D eigenvalue weighted by Gasteiger charge is -2.13. The molecule has 0 saturated heterocycles. The van der Waals surface area contributed by atoms with Gasteiger partial charge in [0.15, 0.2) is 5.82 Å². The van der Waals surface area contributed by atoms with E-state index in [-0.39, 0.29) is 18.5 Å². The predicted octanol–water partition coefficient (Wildman–Crippen LogP) is -0.472. The second kappa shape index (κ2) is 6.27. The van der Waals surface area contributed by atoms with E-state index in [9.17, 15) is 9.59 Å². The topological polar surface area (TPSA) is 112 Å². The van der Waals surface area contributed by atoms with Crippen molar-refractivity contribution in [2.24, 2.45) is 7.05 Å². The molecule has 21 heavy (non-hydrogen) atoms. The summed E-state index contributed by atoms with van der Waals surface area (Å²) in [6.07, 6.45) is 0.893. The zero-order valence-electron chi connectivity index (χ0n) is 11.6. The predicted molar refractivity (Wildman–Crippen MR) is 71.5 cm³/mol. The SMILES string of the molecule is COC(CC(=O)O)Cn1nnnc1-c1ccn(C)c(=O)c1. The summed E-state index contributed by atoms with van der Waals surface area (Å²) in [6, 6.07) is 3.13. The first-order chi connectivity index (χ1) is 10.0. The first-order valence-corrected chi connectivity index (χ1v) is 6.19. The van der Waals surface area contributed by atoms with Crippen molar-refractivity contribution in [3.05, 3.63) is 28.7 Å². The molecule has 0 aliphatic carbocycles. The average molecular weight is 293 g/mol. The Morgan fingerprint density at radius 1 is 1.52 bits per heavy atom. The van der Waals surface area contributed by atoms with Crippen LogP contribution in [0, 0.1) is 0 Å². The van der Waals surface area contributed by atoms with Crippen LogP contribution in [0.1, 0.15) is 6.42 Å². The number of hydrogen-bond donors (Lipinski definition) is 1. The standard InChI is InChI=1S/C12H15N5O4/c1-16-4-3-8(5-10(16)18)12-13-14-15-17(12)7-9(21-2)6-11(19)20/h3-5,9H,6-7H2,1-2H3,(H,19,20). The zero-order chi connectivity index (χ0) is 15.4. The monoisotopic (exact) mass is 293 g/mol. The molecule has 0 radical (unpaired) electrons. The van der Waals surface area contributed by atoms with Crippen molar-refractivity contribution in [2.75, 3.05) is 7.11 Å². The van der Waals surface area contributed by atoms with Crippen LogP contribution in [-0.2, 0) is 23.1 Å². The second-order valence-corrected chi connectivity index (χ2v) is 4.50. The van der Waals surface area contributed by atoms with Crippen LogP contribution in [0.25, 0.3) is 11.4 Å². The van der Waals surface area contributed by atoms with Gasteiger partial charge in [-0.3, -0.25) is 9.59 Å². The minimum Gasteiger partial charge on any atom is -0.481 e. The van der Waals surface area contributed by atoms with Crippen LogP contribution < -0.4 is 5.56 Å². The Labute approximate surface area is 119 Å². The molecule has 2 aromatic rings. The van der Waals surface area contributed by atoms with Crippen molar-refractivity contribution in [3.63, 3.8) is 0 Å². The van der Waals surface area contributed by atoms with Crippen LogP contribution in [0.3, 0.4) is 0 Å². The minimum atomic E-state index is -0.968. The van der Waals surface area contributed by atoms with Gasteiger partial charge in [0.05, 0.1) is 19.1 Å². The summed E-state index contributed by atoms with van der Waals surface area (Å²) in [7, 11) is 3.07. The number of pyridine rings is 1. The van der Waals surface area contributed by atoms with Gasteiger partial charge in [-0.25, -0.2) is 4.68 Å². The molecule has 0 aliphatic heterocycles. The first kappa shape index (κ1) is 14.9. The van der Waals surface area contributed by atoms with Gasteiger partial charge in [-0.05, 0) is 16.5 Å². The highest BCUT2D eigenvalue weighted by atomic mass is 16.5. The van der Waals surface area contributed by atoms with E-state index >= 15 is 0 Å². The molecule has 0 spiro atoms. The van der Waals surface area contributed by atoms with Gasteiger partial charge in [0.2, 0.25) is 0 Å². The van der Waals surface area contributed by atoms with E-state index in [4.69, 9.17) is 9.84 Å². The van der Waals surface area contributed by atoms with Crippen LogP contribution in [0.5, 0.6) is 0 Å². The Bertz CT molecular complexity index is 693. The summed E-state index contributed by atoms with van der Waals surface area (Å²) in [5, 5.41) is 20.1. The quantitative estimate of drug-likeness (QED) is 0.766. The Hall–Kier alpha value is -2.55. The molecule has 0 bridgehead atoms. The largest absolute Gasteiger partial charge is 0.481 e. The van der Waals surface area contributed by atoms with Gasteiger partial charge in [-0.1, -0.05) is 0 Å². The first-order valence-electron chi connectivity index (χ1n) is 6.19. The third kappa shape index (κ3) is 3.51. The van der Waals surface area contributed by atoms with Gasteiger partial charge >= 0.3 is 5.97 Å². The molecule has 0 aromatic carbocycles. The van der Waals surface area contributed by atoms with E-state index in [1.54, 1.807) is 19.3 Å². The number of carboxylic acid groups (broad SMARTS) is 1. The summed E-state index contributed by atoms with van der Waals surface area (Å²) >= 11 is 0. The van der Waals surface area contributed by atoms with E-state index in [0.717, 1.165) is 0 Å². The molecule has 1 atom stereocenters. The van der Waals surface area contributed by atoms with Crippen molar-refractivity contribution < 1.29 is 14.6 Å². The second-order valence-electron chi connectivity index (χ2n) is 4.50. The molecule has 9 heteroatoms. The average Bonchev–Trinajstić information content (AvgIpc) is 2.88. The summed E-state index contributed by atoms with van der Waals surface area (Å²) in [6.45, 7) is 0.181. The molecule has 0 fully saturated rings. The zero-order valence-corrected chi connectivity index (χ0v) is 11.6. The summed E-state index contributed by atoms with van der Waals surface area (Å²) in [5.41, 5.74) is 0.379. The van der Waals surface area contributed by atoms with E-state index in [1.807, 2.05) is 0 Å². The summed E-state index contributed by atoms with van der Waals surface area (Å²) < 4.78 is 7.96. The number of nitrogens with zero attached hydrogens (tertiary/aromatic N) is 5. The van der Waals surface area contributed by atoms with Crippen LogP contribution in [0.4, 0.5) is 0 Å². The lowest BCUT2D eigenvalue weighted by molar-refractivity contribution is -0.139. The lowest BCUT2D eigenvalue weighted by Crippen LogP contribution is -2.23. The third-order valence-electron chi connectivity index (χ3n) is 3.01. The van der Waals surface area contributed by atoms with E-state index in [0.29, 0.717) is 11.4 Å². The Balaban J connectivity index is 2.27. The fourth-order valence-corrected chi connectivity index (χ4v) is 1.83. The number of carbonyl (C=O) groups is 1. The molecule has 9 nitrogen and oxygen atoms in total. The molecule has 2 aromatic heterocycles. The van der Waals surface area contributed by atoms with Gasteiger partial charge in [0.1, 0.15) is 0 Å². The normalized spacial score (nSPS) is 12.3. The number of carboxylic acids is 1. The van der Waals surface area contributed by atoms with Gasteiger partial charge in [-0.2, -0.15) is 0 Å². The highest BCUT2D eigenvalue weighted by molar-refractivity contribution is 5.67. The van der Waals surface area contributed by atoms with Gasteiger partial charge in [-0.15, -0.1) is 5.10 Å². The van der Waals surface area contributed by atoms with Crippen molar-refractivity contribution in [3.8, 4) is 11.4 Å². The molecular formula is C12H15N5O4. The number of methoxy groups -OCH3 is 1. The molecule has 1 N–H and O–H groups in total. The number of aliphatic carboxylic acids is 1. The van der Waals surface area contributed by atoms with Crippen LogP contribution in [0.15, 0.2) is 23.1 Å². The number of aryl methyl sites for hydroxylation is 1. The molecule has 112 valence electrons. The van der Waals surface area contributed by atoms with Crippen molar-refractivity contribution in [2.45, 2.75) is 19.1 Å². The molecular weight excluding hydrogens is 278 g/mol. The van der Waals surface area contributed by atoms with Gasteiger partial charge < -0.3 is 14.4 Å². The number of aromatic nitrogens is 5. The molecule has 2 heterocycles. The third-order valence-corrected chi connectivity index (χ3v) is 3.01. The Morgan fingerprint density at radius 2 is 2.29 bits per heavy atom. The van der Waals surface area contributed by atoms with E-state index in [1.165, 1.54) is 22.4 Å². The van der Waals surface area contributed by atoms with Crippen LogP contribution in [-0.4, -0.2) is 49.1 Å². The molecule has 2 rings (SSSR count).